The molecule has 5 rings (SSSR count). The highest BCUT2D eigenvalue weighted by Gasteiger charge is 2.29. The van der Waals surface area contributed by atoms with Crippen LogP contribution in [-0.4, -0.2) is 116 Å². The van der Waals surface area contributed by atoms with Crippen LogP contribution in [-0.2, 0) is 16.1 Å². The second-order valence-corrected chi connectivity index (χ2v) is 10.6. The Kier molecular flexibility index (Phi) is 10.8. The molecule has 2 aliphatic heterocycles. The zero-order valence-corrected chi connectivity index (χ0v) is 25.1. The largest absolute Gasteiger partial charge is 0.493 e. The fourth-order valence-electron chi connectivity index (χ4n) is 5.23. The van der Waals surface area contributed by atoms with Crippen LogP contribution in [0.5, 0.6) is 11.5 Å². The molecule has 1 amide bonds. The Balaban J connectivity index is 1.33. The minimum Gasteiger partial charge on any atom is -0.493 e. The summed E-state index contributed by atoms with van der Waals surface area (Å²) in [6.45, 7) is 6.66. The molecule has 1 fully saturated rings. The number of amides is 1. The average molecular weight is 629 g/mol. The Morgan fingerprint density at radius 3 is 2.56 bits per heavy atom. The third kappa shape index (κ3) is 8.05. The lowest BCUT2D eigenvalue weighted by Gasteiger charge is -2.35. The molecule has 2 aliphatic rings. The van der Waals surface area contributed by atoms with E-state index in [0.717, 1.165) is 45.3 Å². The minimum absolute atomic E-state index is 0.00602. The summed E-state index contributed by atoms with van der Waals surface area (Å²) in [4.78, 5) is 22.3. The van der Waals surface area contributed by atoms with Gasteiger partial charge in [-0.2, -0.15) is 5.10 Å². The number of aliphatic imine (C=N–C) groups is 1. The van der Waals surface area contributed by atoms with Crippen molar-refractivity contribution in [2.45, 2.75) is 6.54 Å². The van der Waals surface area contributed by atoms with Crippen molar-refractivity contribution in [2.75, 3.05) is 89.7 Å². The van der Waals surface area contributed by atoms with E-state index in [1.54, 1.807) is 12.3 Å². The highest BCUT2D eigenvalue weighted by Crippen LogP contribution is 2.38. The third-order valence-electron chi connectivity index (χ3n) is 7.54. The normalized spacial score (nSPS) is 16.4. The summed E-state index contributed by atoms with van der Waals surface area (Å²) < 4.78 is 47.8. The first-order chi connectivity index (χ1) is 21.9. The second-order valence-electron chi connectivity index (χ2n) is 10.6. The molecule has 1 saturated heterocycles. The Labute approximate surface area is 259 Å². The summed E-state index contributed by atoms with van der Waals surface area (Å²) in [5.41, 5.74) is 6.91. The lowest BCUT2D eigenvalue weighted by atomic mass is 10.1. The fourth-order valence-corrected chi connectivity index (χ4v) is 5.23. The number of nitrogens with zero attached hydrogens (tertiary/aromatic N) is 6. The number of methoxy groups -OCH3 is 1. The Hall–Kier alpha value is -4.31. The Morgan fingerprint density at radius 1 is 1.09 bits per heavy atom. The lowest BCUT2D eigenvalue weighted by molar-refractivity contribution is -0.118. The summed E-state index contributed by atoms with van der Waals surface area (Å²) >= 11 is 0. The number of hydrogen-bond donors (Lipinski definition) is 3. The van der Waals surface area contributed by atoms with Gasteiger partial charge in [-0.3, -0.25) is 19.3 Å². The molecule has 1 aromatic heterocycles. The SMILES string of the molecule is COc1cc2c(cc1OCCN1CCN(CCOCCO)CC1)NCN(c1cccc(F)c1F)C2=Nc1cnn(CC(N)=O)c1. The van der Waals surface area contributed by atoms with Crippen molar-refractivity contribution in [1.82, 2.24) is 19.6 Å². The molecule has 4 N–H and O–H groups in total. The molecule has 0 atom stereocenters. The van der Waals surface area contributed by atoms with Gasteiger partial charge in [-0.1, -0.05) is 6.07 Å². The summed E-state index contributed by atoms with van der Waals surface area (Å²) in [7, 11) is 1.53. The molecule has 0 unspecified atom stereocenters. The molecule has 45 heavy (non-hydrogen) atoms. The zero-order valence-electron chi connectivity index (χ0n) is 25.1. The first kappa shape index (κ1) is 32.1. The highest BCUT2D eigenvalue weighted by molar-refractivity contribution is 6.16. The van der Waals surface area contributed by atoms with Gasteiger partial charge in [0.15, 0.2) is 23.1 Å². The van der Waals surface area contributed by atoms with E-state index in [2.05, 4.69) is 20.2 Å². The van der Waals surface area contributed by atoms with Gasteiger partial charge in [-0.05, 0) is 18.2 Å². The first-order valence-corrected chi connectivity index (χ1v) is 14.7. The number of nitrogens with two attached hydrogens (primary N) is 1. The number of aliphatic hydroxyl groups excluding tert-OH is 1. The second kappa shape index (κ2) is 15.1. The summed E-state index contributed by atoms with van der Waals surface area (Å²) in [5.74, 6) is -1.27. The van der Waals surface area contributed by atoms with Crippen LogP contribution in [0, 0.1) is 11.6 Å². The number of primary amides is 1. The van der Waals surface area contributed by atoms with E-state index in [1.165, 1.54) is 35.0 Å². The predicted octanol–water partition coefficient (Wildman–Crippen LogP) is 1.63. The number of anilines is 2. The van der Waals surface area contributed by atoms with Gasteiger partial charge in [-0.25, -0.2) is 13.8 Å². The molecule has 3 heterocycles. The quantitative estimate of drug-likeness (QED) is 0.226. The van der Waals surface area contributed by atoms with Crippen molar-refractivity contribution in [2.24, 2.45) is 10.7 Å². The van der Waals surface area contributed by atoms with E-state index < -0.39 is 17.5 Å². The van der Waals surface area contributed by atoms with E-state index in [-0.39, 0.29) is 25.5 Å². The third-order valence-corrected chi connectivity index (χ3v) is 7.54. The summed E-state index contributed by atoms with van der Waals surface area (Å²) in [6.07, 6.45) is 3.00. The molecule has 0 bridgehead atoms. The van der Waals surface area contributed by atoms with Crippen molar-refractivity contribution >= 4 is 28.8 Å². The maximum absolute atomic E-state index is 15.0. The van der Waals surface area contributed by atoms with Crippen molar-refractivity contribution in [1.29, 1.82) is 0 Å². The number of nitrogens with one attached hydrogen (secondary N) is 1. The molecule has 0 spiro atoms. The number of carbonyl (C=O) groups excluding carboxylic acids is 1. The number of benzene rings is 2. The number of halogens is 2. The molecule has 13 nitrogen and oxygen atoms in total. The van der Waals surface area contributed by atoms with Gasteiger partial charge in [-0.15, -0.1) is 0 Å². The number of fused-ring (bicyclic) bond motifs is 1. The topological polar surface area (TPSA) is 143 Å². The summed E-state index contributed by atoms with van der Waals surface area (Å²) in [6, 6.07) is 7.50. The van der Waals surface area contributed by atoms with Crippen LogP contribution >= 0.6 is 0 Å². The maximum atomic E-state index is 15.0. The summed E-state index contributed by atoms with van der Waals surface area (Å²) in [5, 5.41) is 16.2. The minimum atomic E-state index is -1.01. The molecule has 15 heteroatoms. The van der Waals surface area contributed by atoms with Crippen LogP contribution in [0.1, 0.15) is 5.56 Å². The first-order valence-electron chi connectivity index (χ1n) is 14.7. The van der Waals surface area contributed by atoms with Crippen LogP contribution < -0.4 is 25.4 Å². The standard InChI is InChI=1S/C30H38F2N8O5/c1-43-26-15-22-24(16-27(26)45-13-10-38-7-5-37(6-8-38)9-12-44-14-11-41)34-20-40(25-4-2-3-23(31)29(25)32)30(22)36-21-17-35-39(18-21)19-28(33)42/h2-4,15-18,34,41H,5-14,19-20H2,1H3,(H2,33,42). The molecule has 3 aromatic rings. The van der Waals surface area contributed by atoms with Gasteiger partial charge in [0, 0.05) is 50.9 Å². The average Bonchev–Trinajstić information content (AvgIpc) is 3.47. The molecule has 0 aliphatic carbocycles. The molecular formula is C30H38F2N8O5. The van der Waals surface area contributed by atoms with Crippen LogP contribution in [0.3, 0.4) is 0 Å². The van der Waals surface area contributed by atoms with Gasteiger partial charge >= 0.3 is 0 Å². The van der Waals surface area contributed by atoms with Crippen molar-refractivity contribution in [3.05, 3.63) is 59.9 Å². The zero-order chi connectivity index (χ0) is 31.8. The van der Waals surface area contributed by atoms with E-state index in [0.29, 0.717) is 54.1 Å². The molecule has 242 valence electrons. The van der Waals surface area contributed by atoms with E-state index in [9.17, 15) is 13.6 Å². The Bertz CT molecular complexity index is 1490. The van der Waals surface area contributed by atoms with E-state index in [1.807, 2.05) is 6.07 Å². The van der Waals surface area contributed by atoms with Crippen molar-refractivity contribution in [3.8, 4) is 11.5 Å². The number of ether oxygens (including phenoxy) is 3. The molecular weight excluding hydrogens is 590 g/mol. The van der Waals surface area contributed by atoms with Gasteiger partial charge in [0.1, 0.15) is 24.7 Å². The number of piperazine rings is 1. The van der Waals surface area contributed by atoms with E-state index >= 15 is 0 Å². The number of hydrogen-bond acceptors (Lipinski definition) is 10. The van der Waals surface area contributed by atoms with E-state index in [4.69, 9.17) is 30.0 Å². The number of aliphatic hydroxyl groups is 1. The Morgan fingerprint density at radius 2 is 1.84 bits per heavy atom. The number of rotatable bonds is 14. The number of carbonyl (C=O) groups is 1. The molecule has 0 radical (unpaired) electrons. The van der Waals surface area contributed by atoms with Gasteiger partial charge in [0.2, 0.25) is 5.91 Å². The van der Waals surface area contributed by atoms with Crippen LogP contribution in [0.15, 0.2) is 47.7 Å². The number of aromatic nitrogens is 2. The van der Waals surface area contributed by atoms with Crippen LogP contribution in [0.2, 0.25) is 0 Å². The highest BCUT2D eigenvalue weighted by atomic mass is 19.2. The fraction of sp³-hybridized carbons (Fsp3) is 0.433. The monoisotopic (exact) mass is 628 g/mol. The number of amidine groups is 1. The van der Waals surface area contributed by atoms with Crippen molar-refractivity contribution in [3.63, 3.8) is 0 Å². The van der Waals surface area contributed by atoms with Crippen LogP contribution in [0.25, 0.3) is 0 Å². The smallest absolute Gasteiger partial charge is 0.239 e. The lowest BCUT2D eigenvalue weighted by Crippen LogP contribution is -2.48. The molecule has 0 saturated carbocycles. The maximum Gasteiger partial charge on any atom is 0.239 e. The van der Waals surface area contributed by atoms with Crippen molar-refractivity contribution < 1.29 is 32.9 Å². The van der Waals surface area contributed by atoms with Crippen LogP contribution in [0.4, 0.5) is 25.8 Å². The van der Waals surface area contributed by atoms with Gasteiger partial charge < -0.3 is 35.3 Å². The molecule has 2 aromatic carbocycles. The predicted molar refractivity (Wildman–Crippen MR) is 164 cm³/mol. The van der Waals surface area contributed by atoms with Gasteiger partial charge in [0.25, 0.3) is 0 Å². The van der Waals surface area contributed by atoms with Gasteiger partial charge in [0.05, 0.1) is 57.4 Å².